The first-order valence-electron chi connectivity index (χ1n) is 14.6. The van der Waals surface area contributed by atoms with Crippen molar-refractivity contribution in [2.45, 2.75) is 38.1 Å². The molecule has 43 heavy (non-hydrogen) atoms. The number of hydrogen-bond acceptors (Lipinski definition) is 6. The molecule has 1 amide bonds. The van der Waals surface area contributed by atoms with E-state index in [0.717, 1.165) is 61.1 Å². The van der Waals surface area contributed by atoms with Gasteiger partial charge in [0, 0.05) is 75.6 Å². The van der Waals surface area contributed by atoms with E-state index >= 15 is 0 Å². The highest BCUT2D eigenvalue weighted by molar-refractivity contribution is 5.98. The predicted octanol–water partition coefficient (Wildman–Crippen LogP) is 5.25. The zero-order valence-electron chi connectivity index (χ0n) is 24.1. The third kappa shape index (κ3) is 6.67. The van der Waals surface area contributed by atoms with Crippen LogP contribution in [0.25, 0.3) is 10.9 Å². The Labute approximate surface area is 248 Å². The van der Waals surface area contributed by atoms with Crippen molar-refractivity contribution in [2.75, 3.05) is 46.4 Å². The zero-order chi connectivity index (χ0) is 30.0. The first kappa shape index (κ1) is 29.1. The molecule has 2 aromatic heterocycles. The Morgan fingerprint density at radius 2 is 1.53 bits per heavy atom. The molecule has 0 bridgehead atoms. The molecule has 0 saturated carbocycles. The lowest BCUT2D eigenvalue weighted by Crippen LogP contribution is -2.48. The highest BCUT2D eigenvalue weighted by Gasteiger charge is 2.30. The number of benzene rings is 2. The van der Waals surface area contributed by atoms with Gasteiger partial charge in [0.1, 0.15) is 0 Å². The first-order valence-corrected chi connectivity index (χ1v) is 14.6. The fourth-order valence-corrected chi connectivity index (χ4v) is 6.03. The first-order chi connectivity index (χ1) is 20.8. The second-order valence-corrected chi connectivity index (χ2v) is 11.3. The topological polar surface area (TPSA) is 66.7 Å². The van der Waals surface area contributed by atoms with Crippen LogP contribution in [0.1, 0.15) is 45.9 Å². The van der Waals surface area contributed by atoms with Crippen LogP contribution in [0.15, 0.2) is 67.0 Å². The van der Waals surface area contributed by atoms with Crippen LogP contribution in [0, 0.1) is 0 Å². The Bertz CT molecular complexity index is 1540. The van der Waals surface area contributed by atoms with Gasteiger partial charge < -0.3 is 9.64 Å². The number of fused-ring (bicyclic) bond motifs is 1. The van der Waals surface area contributed by atoms with Gasteiger partial charge in [-0.3, -0.25) is 19.3 Å². The molecule has 4 heterocycles. The van der Waals surface area contributed by atoms with Gasteiger partial charge >= 0.3 is 6.18 Å². The minimum absolute atomic E-state index is 0.00911. The molecule has 2 aromatic carbocycles. The zero-order valence-corrected chi connectivity index (χ0v) is 24.1. The van der Waals surface area contributed by atoms with E-state index in [4.69, 9.17) is 9.84 Å². The Morgan fingerprint density at radius 1 is 0.860 bits per heavy atom. The van der Waals surface area contributed by atoms with E-state index in [-0.39, 0.29) is 5.91 Å². The molecule has 2 fully saturated rings. The molecule has 2 aliphatic rings. The molecule has 0 radical (unpaired) electrons. The Hall–Kier alpha value is -3.96. The fourth-order valence-electron chi connectivity index (χ4n) is 6.03. The van der Waals surface area contributed by atoms with Crippen LogP contribution in [0.5, 0.6) is 5.88 Å². The third-order valence-electron chi connectivity index (χ3n) is 8.51. The highest BCUT2D eigenvalue weighted by atomic mass is 19.4. The van der Waals surface area contributed by atoms with Crippen molar-refractivity contribution in [3.63, 3.8) is 0 Å². The molecule has 0 N–H and O–H groups in total. The fraction of sp³-hybridized carbons (Fsp3) is 0.406. The van der Waals surface area contributed by atoms with Gasteiger partial charge in [-0.15, -0.1) is 0 Å². The number of piperazine rings is 1. The quantitative estimate of drug-likeness (QED) is 0.292. The molecule has 226 valence electrons. The summed E-state index contributed by atoms with van der Waals surface area (Å²) in [6.07, 6.45) is 1.38. The number of ether oxygens (including phenoxy) is 1. The molecule has 2 saturated heterocycles. The molecule has 0 spiro atoms. The molecule has 8 nitrogen and oxygen atoms in total. The third-order valence-corrected chi connectivity index (χ3v) is 8.51. The van der Waals surface area contributed by atoms with Crippen molar-refractivity contribution in [1.82, 2.24) is 29.5 Å². The number of alkyl halides is 3. The van der Waals surface area contributed by atoms with E-state index in [9.17, 15) is 18.0 Å². The van der Waals surface area contributed by atoms with Gasteiger partial charge in [0.15, 0.2) is 0 Å². The number of pyridine rings is 1. The summed E-state index contributed by atoms with van der Waals surface area (Å²) in [5.74, 6) is 0.612. The number of carbonyl (C=O) groups is 1. The maximum atomic E-state index is 13.3. The van der Waals surface area contributed by atoms with Gasteiger partial charge in [0.05, 0.1) is 30.4 Å². The van der Waals surface area contributed by atoms with Crippen LogP contribution in [0.2, 0.25) is 0 Å². The lowest BCUT2D eigenvalue weighted by molar-refractivity contribution is -0.137. The maximum Gasteiger partial charge on any atom is 0.416 e. The number of hydrogen-bond donors (Lipinski definition) is 0. The van der Waals surface area contributed by atoms with Crippen molar-refractivity contribution >= 4 is 16.8 Å². The molecule has 0 atom stereocenters. The second kappa shape index (κ2) is 12.3. The predicted molar refractivity (Wildman–Crippen MR) is 157 cm³/mol. The maximum absolute atomic E-state index is 13.3. The molecule has 4 aromatic rings. The van der Waals surface area contributed by atoms with Crippen LogP contribution >= 0.6 is 0 Å². The van der Waals surface area contributed by atoms with Crippen LogP contribution in [0.3, 0.4) is 0 Å². The van der Waals surface area contributed by atoms with E-state index in [1.165, 1.54) is 17.7 Å². The number of piperidine rings is 1. The number of carbonyl (C=O) groups excluding carboxylic acids is 1. The average molecular weight is 593 g/mol. The van der Waals surface area contributed by atoms with Gasteiger partial charge in [0.2, 0.25) is 5.88 Å². The van der Waals surface area contributed by atoms with E-state index in [0.29, 0.717) is 50.2 Å². The molecule has 0 aliphatic carbocycles. The van der Waals surface area contributed by atoms with Crippen LogP contribution in [-0.4, -0.2) is 81.7 Å². The van der Waals surface area contributed by atoms with E-state index in [2.05, 4.69) is 25.5 Å². The van der Waals surface area contributed by atoms with Crippen LogP contribution in [-0.2, 0) is 19.3 Å². The van der Waals surface area contributed by atoms with Crippen molar-refractivity contribution in [3.8, 4) is 5.88 Å². The van der Waals surface area contributed by atoms with Crippen LogP contribution in [0.4, 0.5) is 13.2 Å². The molecular formula is C32H35F3N6O2. The summed E-state index contributed by atoms with van der Waals surface area (Å²) in [6.45, 7) is 5.84. The second-order valence-electron chi connectivity index (χ2n) is 11.3. The van der Waals surface area contributed by atoms with Crippen molar-refractivity contribution < 1.29 is 22.7 Å². The number of methoxy groups -OCH3 is 1. The van der Waals surface area contributed by atoms with Gasteiger partial charge in [-0.25, -0.2) is 4.98 Å². The Kier molecular flexibility index (Phi) is 8.36. The van der Waals surface area contributed by atoms with Crippen LogP contribution < -0.4 is 4.74 Å². The van der Waals surface area contributed by atoms with Gasteiger partial charge in [0.25, 0.3) is 5.91 Å². The molecule has 2 aliphatic heterocycles. The standard InChI is InChI=1S/C32H35F3N6O2/c1-43-30-9-4-24(19-36-30)22-38-12-10-28(11-13-38)41-29-8-5-25(18-26(29)20-37-41)31(42)40-16-14-39(15-17-40)21-23-2-6-27(7-3-23)32(33,34)35/h2-9,18-20,28H,10-17,21-22H2,1H3. The van der Waals surface area contributed by atoms with E-state index < -0.39 is 11.7 Å². The smallest absolute Gasteiger partial charge is 0.416 e. The summed E-state index contributed by atoms with van der Waals surface area (Å²) >= 11 is 0. The summed E-state index contributed by atoms with van der Waals surface area (Å²) < 4.78 is 45.8. The lowest BCUT2D eigenvalue weighted by atomic mass is 10.0. The summed E-state index contributed by atoms with van der Waals surface area (Å²) in [5.41, 5.74) is 3.04. The average Bonchev–Trinajstić information content (AvgIpc) is 3.45. The normalized spacial score (nSPS) is 17.4. The highest BCUT2D eigenvalue weighted by Crippen LogP contribution is 2.30. The Balaban J connectivity index is 1.01. The monoisotopic (exact) mass is 592 g/mol. The lowest BCUT2D eigenvalue weighted by Gasteiger charge is -2.35. The van der Waals surface area contributed by atoms with Crippen molar-refractivity contribution in [2.24, 2.45) is 0 Å². The summed E-state index contributed by atoms with van der Waals surface area (Å²) in [5, 5.41) is 5.67. The molecular weight excluding hydrogens is 557 g/mol. The van der Waals surface area contributed by atoms with Gasteiger partial charge in [-0.1, -0.05) is 18.2 Å². The van der Waals surface area contributed by atoms with Crippen molar-refractivity contribution in [1.29, 1.82) is 0 Å². The van der Waals surface area contributed by atoms with Crippen molar-refractivity contribution in [3.05, 3.63) is 89.2 Å². The SMILES string of the molecule is COc1ccc(CN2CCC(n3ncc4cc(C(=O)N5CCN(Cc6ccc(C(F)(F)F)cc6)CC5)ccc43)CC2)cn1. The van der Waals surface area contributed by atoms with Gasteiger partial charge in [-0.2, -0.15) is 18.3 Å². The van der Waals surface area contributed by atoms with Gasteiger partial charge in [-0.05, 0) is 54.3 Å². The Morgan fingerprint density at radius 3 is 2.19 bits per heavy atom. The number of amides is 1. The molecule has 0 unspecified atom stereocenters. The summed E-state index contributed by atoms with van der Waals surface area (Å²) in [4.78, 5) is 24.1. The number of aromatic nitrogens is 3. The largest absolute Gasteiger partial charge is 0.481 e. The molecule has 11 heteroatoms. The number of nitrogens with zero attached hydrogens (tertiary/aromatic N) is 6. The molecule has 6 rings (SSSR count). The minimum atomic E-state index is -4.33. The van der Waals surface area contributed by atoms with E-state index in [1.54, 1.807) is 7.11 Å². The number of rotatable bonds is 7. The summed E-state index contributed by atoms with van der Waals surface area (Å²) in [6, 6.07) is 15.4. The van der Waals surface area contributed by atoms with E-state index in [1.807, 2.05) is 41.6 Å². The minimum Gasteiger partial charge on any atom is -0.481 e. The number of likely N-dealkylation sites (tertiary alicyclic amines) is 1. The number of halogens is 3. The summed E-state index contributed by atoms with van der Waals surface area (Å²) in [7, 11) is 1.62.